The van der Waals surface area contributed by atoms with E-state index in [2.05, 4.69) is 13.0 Å². The van der Waals surface area contributed by atoms with Gasteiger partial charge < -0.3 is 5.73 Å². The highest BCUT2D eigenvalue weighted by atomic mass is 35.5. The molecule has 2 rings (SSSR count). The fraction of sp³-hybridized carbons (Fsp3) is 0.143. The Hall–Kier alpha value is -1.47. The number of hydrogen-bond acceptors (Lipinski definition) is 1. The van der Waals surface area contributed by atoms with E-state index >= 15 is 0 Å². The second-order valence-electron chi connectivity index (χ2n) is 3.99. The van der Waals surface area contributed by atoms with E-state index in [1.54, 1.807) is 0 Å². The molecule has 0 saturated carbocycles. The summed E-state index contributed by atoms with van der Waals surface area (Å²) in [5, 5.41) is 0.755. The topological polar surface area (TPSA) is 26.0 Å². The summed E-state index contributed by atoms with van der Waals surface area (Å²) >= 11 is 6.16. The molecule has 0 radical (unpaired) electrons. The second kappa shape index (κ2) is 4.18. The summed E-state index contributed by atoms with van der Waals surface area (Å²) < 4.78 is 0. The predicted octanol–water partition coefficient (Wildman–Crippen LogP) is 4.21. The number of benzene rings is 2. The summed E-state index contributed by atoms with van der Waals surface area (Å²) in [6.07, 6.45) is 0. The van der Waals surface area contributed by atoms with Crippen LogP contribution in [0.5, 0.6) is 0 Å². The zero-order valence-electron chi connectivity index (χ0n) is 9.42. The van der Waals surface area contributed by atoms with Gasteiger partial charge in [-0.25, -0.2) is 0 Å². The molecule has 0 saturated heterocycles. The molecule has 1 nitrogen and oxygen atoms in total. The van der Waals surface area contributed by atoms with Crippen LogP contribution < -0.4 is 5.73 Å². The third-order valence-corrected chi connectivity index (χ3v) is 3.22. The van der Waals surface area contributed by atoms with Gasteiger partial charge in [0.2, 0.25) is 0 Å². The molecule has 0 amide bonds. The number of rotatable bonds is 1. The standard InChI is InChI=1S/C14H14ClN/c1-9-7-11(8-14(16)10(9)2)12-5-3-4-6-13(12)15/h3-8H,16H2,1-2H3. The van der Waals surface area contributed by atoms with Crippen molar-refractivity contribution < 1.29 is 0 Å². The Labute approximate surface area is 101 Å². The maximum Gasteiger partial charge on any atom is 0.0484 e. The maximum absolute atomic E-state index is 6.16. The highest BCUT2D eigenvalue weighted by molar-refractivity contribution is 6.33. The van der Waals surface area contributed by atoms with Crippen LogP contribution in [0.2, 0.25) is 5.02 Å². The average molecular weight is 232 g/mol. The van der Waals surface area contributed by atoms with Crippen molar-refractivity contribution in [1.29, 1.82) is 0 Å². The first-order valence-electron chi connectivity index (χ1n) is 5.21. The molecule has 16 heavy (non-hydrogen) atoms. The van der Waals surface area contributed by atoms with Gasteiger partial charge in [0.05, 0.1) is 0 Å². The SMILES string of the molecule is Cc1cc(-c2ccccc2Cl)cc(N)c1C. The van der Waals surface area contributed by atoms with Gasteiger partial charge in [0.15, 0.2) is 0 Å². The van der Waals surface area contributed by atoms with E-state index in [1.165, 1.54) is 5.56 Å². The molecule has 0 fully saturated rings. The molecule has 0 aliphatic rings. The molecule has 0 atom stereocenters. The van der Waals surface area contributed by atoms with E-state index in [9.17, 15) is 0 Å². The second-order valence-corrected chi connectivity index (χ2v) is 4.39. The molecule has 0 aliphatic carbocycles. The average Bonchev–Trinajstić information content (AvgIpc) is 2.26. The van der Waals surface area contributed by atoms with Crippen molar-refractivity contribution in [2.75, 3.05) is 5.73 Å². The van der Waals surface area contributed by atoms with Crippen molar-refractivity contribution in [1.82, 2.24) is 0 Å². The number of aryl methyl sites for hydroxylation is 1. The highest BCUT2D eigenvalue weighted by Gasteiger charge is 2.06. The zero-order valence-corrected chi connectivity index (χ0v) is 10.2. The van der Waals surface area contributed by atoms with Gasteiger partial charge in [-0.3, -0.25) is 0 Å². The predicted molar refractivity (Wildman–Crippen MR) is 70.8 cm³/mol. The van der Waals surface area contributed by atoms with Gasteiger partial charge in [-0.15, -0.1) is 0 Å². The first-order chi connectivity index (χ1) is 7.59. The smallest absolute Gasteiger partial charge is 0.0484 e. The van der Waals surface area contributed by atoms with Crippen LogP contribution in [0.25, 0.3) is 11.1 Å². The van der Waals surface area contributed by atoms with Gasteiger partial charge in [0.1, 0.15) is 0 Å². The normalized spacial score (nSPS) is 10.4. The van der Waals surface area contributed by atoms with Crippen LogP contribution in [0.3, 0.4) is 0 Å². The zero-order chi connectivity index (χ0) is 11.7. The minimum Gasteiger partial charge on any atom is -0.398 e. The van der Waals surface area contributed by atoms with Crippen LogP contribution in [-0.4, -0.2) is 0 Å². The summed E-state index contributed by atoms with van der Waals surface area (Å²) in [4.78, 5) is 0. The molecule has 0 heterocycles. The molecule has 0 bridgehead atoms. The number of nitrogen functional groups attached to an aromatic ring is 1. The molecule has 0 unspecified atom stereocenters. The van der Waals surface area contributed by atoms with Crippen LogP contribution in [0.4, 0.5) is 5.69 Å². The number of anilines is 1. The first-order valence-corrected chi connectivity index (χ1v) is 5.59. The molecule has 0 aliphatic heterocycles. The van der Waals surface area contributed by atoms with Gasteiger partial charge in [-0.2, -0.15) is 0 Å². The van der Waals surface area contributed by atoms with Crippen molar-refractivity contribution in [3.63, 3.8) is 0 Å². The molecule has 2 aromatic rings. The van der Waals surface area contributed by atoms with E-state index in [1.807, 2.05) is 37.3 Å². The third kappa shape index (κ3) is 1.91. The lowest BCUT2D eigenvalue weighted by Crippen LogP contribution is -1.93. The number of hydrogen-bond donors (Lipinski definition) is 1. The van der Waals surface area contributed by atoms with Crippen LogP contribution in [0, 0.1) is 13.8 Å². The summed E-state index contributed by atoms with van der Waals surface area (Å²) in [6.45, 7) is 4.09. The summed E-state index contributed by atoms with van der Waals surface area (Å²) in [7, 11) is 0. The lowest BCUT2D eigenvalue weighted by Gasteiger charge is -2.10. The molecule has 2 aromatic carbocycles. The van der Waals surface area contributed by atoms with Crippen molar-refractivity contribution in [3.05, 3.63) is 52.5 Å². The Morgan fingerprint density at radius 2 is 1.75 bits per heavy atom. The molecule has 2 heteroatoms. The Morgan fingerprint density at radius 3 is 2.38 bits per heavy atom. The lowest BCUT2D eigenvalue weighted by molar-refractivity contribution is 1.34. The number of nitrogens with two attached hydrogens (primary N) is 1. The van der Waals surface area contributed by atoms with Crippen LogP contribution in [0.15, 0.2) is 36.4 Å². The van der Waals surface area contributed by atoms with Crippen LogP contribution in [-0.2, 0) is 0 Å². The highest BCUT2D eigenvalue weighted by Crippen LogP contribution is 2.31. The molecule has 82 valence electrons. The van der Waals surface area contributed by atoms with Crippen molar-refractivity contribution in [2.45, 2.75) is 13.8 Å². The van der Waals surface area contributed by atoms with Crippen molar-refractivity contribution >= 4 is 17.3 Å². The van der Waals surface area contributed by atoms with Crippen LogP contribution >= 0.6 is 11.6 Å². The molecule has 0 spiro atoms. The van der Waals surface area contributed by atoms with Crippen LogP contribution in [0.1, 0.15) is 11.1 Å². The van der Waals surface area contributed by atoms with E-state index in [0.717, 1.165) is 27.4 Å². The maximum atomic E-state index is 6.16. The van der Waals surface area contributed by atoms with E-state index in [4.69, 9.17) is 17.3 Å². The van der Waals surface area contributed by atoms with Gasteiger partial charge >= 0.3 is 0 Å². The van der Waals surface area contributed by atoms with Gasteiger partial charge in [-0.05, 0) is 42.7 Å². The van der Waals surface area contributed by atoms with E-state index in [0.29, 0.717) is 0 Å². The summed E-state index contributed by atoms with van der Waals surface area (Å²) in [5.74, 6) is 0. The Morgan fingerprint density at radius 1 is 1.06 bits per heavy atom. The van der Waals surface area contributed by atoms with Crippen molar-refractivity contribution in [2.24, 2.45) is 0 Å². The summed E-state index contributed by atoms with van der Waals surface area (Å²) in [6, 6.07) is 11.9. The first kappa shape index (κ1) is 11.0. The van der Waals surface area contributed by atoms with Gasteiger partial charge in [-0.1, -0.05) is 35.9 Å². The Kier molecular flexibility index (Phi) is 2.88. The minimum absolute atomic E-state index is 0.755. The quantitative estimate of drug-likeness (QED) is 0.732. The van der Waals surface area contributed by atoms with E-state index in [-0.39, 0.29) is 0 Å². The fourth-order valence-corrected chi connectivity index (χ4v) is 1.98. The summed E-state index contributed by atoms with van der Waals surface area (Å²) in [5.41, 5.74) is 11.2. The minimum atomic E-state index is 0.755. The Balaban J connectivity index is 2.62. The lowest BCUT2D eigenvalue weighted by atomic mass is 9.99. The third-order valence-electron chi connectivity index (χ3n) is 2.89. The number of halogens is 1. The molecule has 2 N–H and O–H groups in total. The van der Waals surface area contributed by atoms with E-state index < -0.39 is 0 Å². The van der Waals surface area contributed by atoms with Gasteiger partial charge in [0, 0.05) is 16.3 Å². The monoisotopic (exact) mass is 231 g/mol. The Bertz CT molecular complexity index is 509. The largest absolute Gasteiger partial charge is 0.398 e. The fourth-order valence-electron chi connectivity index (χ4n) is 1.74. The molecule has 0 aromatic heterocycles. The van der Waals surface area contributed by atoms with Gasteiger partial charge in [0.25, 0.3) is 0 Å². The molecular weight excluding hydrogens is 218 g/mol. The molecular formula is C14H14ClN. The van der Waals surface area contributed by atoms with Crippen molar-refractivity contribution in [3.8, 4) is 11.1 Å².